The third kappa shape index (κ3) is 4.81. The van der Waals surface area contributed by atoms with Crippen LogP contribution in [0.15, 0.2) is 28.7 Å². The molecule has 4 aliphatic rings. The molecular weight excluding hydrogens is 552 g/mol. The molecule has 234 valence electrons. The van der Waals surface area contributed by atoms with E-state index in [4.69, 9.17) is 5.73 Å². The largest absolute Gasteiger partial charge is 0.510 e. The third-order valence-corrected chi connectivity index (χ3v) is 10.1. The van der Waals surface area contributed by atoms with Gasteiger partial charge in [0.15, 0.2) is 11.4 Å². The van der Waals surface area contributed by atoms with E-state index in [1.54, 1.807) is 25.1 Å². The molecule has 1 aromatic rings. The topological polar surface area (TPSA) is 177 Å². The molecule has 43 heavy (non-hydrogen) atoms. The minimum atomic E-state index is -2.65. The number of carbonyl (C=O) groups is 3. The van der Waals surface area contributed by atoms with Gasteiger partial charge >= 0.3 is 0 Å². The summed E-state index contributed by atoms with van der Waals surface area (Å²) in [5.74, 6) is -6.50. The Morgan fingerprint density at radius 3 is 2.35 bits per heavy atom. The van der Waals surface area contributed by atoms with Crippen LogP contribution in [0.4, 0.5) is 5.69 Å². The molecule has 0 aliphatic heterocycles. The molecule has 0 bridgehead atoms. The predicted molar refractivity (Wildman–Crippen MR) is 161 cm³/mol. The second-order valence-corrected chi connectivity index (χ2v) is 13.1. The zero-order chi connectivity index (χ0) is 31.5. The highest BCUT2D eigenvalue weighted by molar-refractivity contribution is 6.24. The lowest BCUT2D eigenvalue weighted by Crippen LogP contribution is -2.63. The first kappa shape index (κ1) is 31.0. The predicted octanol–water partition coefficient (Wildman–Crippen LogP) is 2.39. The molecule has 0 radical (unpaired) electrons. The number of anilines is 1. The van der Waals surface area contributed by atoms with E-state index in [9.17, 15) is 34.8 Å². The van der Waals surface area contributed by atoms with E-state index in [0.717, 1.165) is 24.1 Å². The maximum absolute atomic E-state index is 14.2. The number of hydrogen-bond donors (Lipinski definition) is 6. The first-order valence-electron chi connectivity index (χ1n) is 15.2. The molecule has 1 amide bonds. The number of aromatic hydroxyl groups is 1. The van der Waals surface area contributed by atoms with Crippen LogP contribution in [0, 0.1) is 11.8 Å². The first-order chi connectivity index (χ1) is 20.2. The van der Waals surface area contributed by atoms with Crippen LogP contribution in [0.5, 0.6) is 5.75 Å². The SMILES string of the molecule is CC(C)N(C)c1c(CNC2CCCCC2)cc(O)c2c1C[C@H]1C[C@H]3[C@H](N(C)C)C(O)=C(C(N)=O)C(=O)[C@@]3(O)C(O)=C1C2=O. The summed E-state index contributed by atoms with van der Waals surface area (Å²) in [6.07, 6.45) is 6.09. The van der Waals surface area contributed by atoms with Crippen LogP contribution in [0.1, 0.15) is 73.9 Å². The summed E-state index contributed by atoms with van der Waals surface area (Å²) >= 11 is 0. The lowest BCUT2D eigenvalue weighted by molar-refractivity contribution is -0.148. The highest BCUT2D eigenvalue weighted by Crippen LogP contribution is 2.53. The number of aliphatic hydroxyl groups excluding tert-OH is 2. The van der Waals surface area contributed by atoms with Crippen LogP contribution in [0.3, 0.4) is 0 Å². The molecule has 1 fully saturated rings. The van der Waals surface area contributed by atoms with Gasteiger partial charge in [0.25, 0.3) is 5.91 Å². The van der Waals surface area contributed by atoms with Gasteiger partial charge in [-0.05, 0) is 76.7 Å². The molecule has 11 heteroatoms. The Hall–Kier alpha value is -3.41. The molecule has 0 heterocycles. The summed E-state index contributed by atoms with van der Waals surface area (Å²) < 4.78 is 0. The number of Topliss-reactive ketones (excluding diaryl/α,β-unsaturated/α-hetero) is 2. The van der Waals surface area contributed by atoms with Crippen LogP contribution in [-0.2, 0) is 22.6 Å². The molecular formula is C32H44N4O7. The summed E-state index contributed by atoms with van der Waals surface area (Å²) in [5, 5.41) is 49.3. The molecule has 7 N–H and O–H groups in total. The molecule has 4 atom stereocenters. The van der Waals surface area contributed by atoms with Gasteiger partial charge in [0.2, 0.25) is 5.78 Å². The van der Waals surface area contributed by atoms with Gasteiger partial charge < -0.3 is 36.4 Å². The van der Waals surface area contributed by atoms with E-state index in [1.807, 2.05) is 20.9 Å². The highest BCUT2D eigenvalue weighted by atomic mass is 16.3. The van der Waals surface area contributed by atoms with Gasteiger partial charge in [0.05, 0.1) is 11.6 Å². The monoisotopic (exact) mass is 596 g/mol. The van der Waals surface area contributed by atoms with Gasteiger partial charge in [0, 0.05) is 42.9 Å². The molecule has 0 saturated heterocycles. The van der Waals surface area contributed by atoms with Crippen molar-refractivity contribution in [2.24, 2.45) is 17.6 Å². The number of phenolic OH excluding ortho intramolecular Hbond substituents is 1. The maximum atomic E-state index is 14.2. The lowest BCUT2D eigenvalue weighted by atomic mass is 9.58. The number of hydrogen-bond acceptors (Lipinski definition) is 10. The smallest absolute Gasteiger partial charge is 0.255 e. The number of likely N-dealkylation sites (N-methyl/N-ethyl adjacent to an activating group) is 1. The van der Waals surface area contributed by atoms with Crippen LogP contribution < -0.4 is 16.0 Å². The number of nitrogens with one attached hydrogen (secondary N) is 1. The number of nitrogens with two attached hydrogens (primary N) is 1. The van der Waals surface area contributed by atoms with Crippen LogP contribution in [0.2, 0.25) is 0 Å². The van der Waals surface area contributed by atoms with Gasteiger partial charge in [-0.1, -0.05) is 19.3 Å². The fourth-order valence-electron chi connectivity index (χ4n) is 7.77. The number of rotatable bonds is 7. The van der Waals surface area contributed by atoms with E-state index in [2.05, 4.69) is 10.2 Å². The van der Waals surface area contributed by atoms with E-state index >= 15 is 0 Å². The highest BCUT2D eigenvalue weighted by Gasteiger charge is 2.63. The van der Waals surface area contributed by atoms with Crippen molar-refractivity contribution in [3.05, 3.63) is 45.4 Å². The first-order valence-corrected chi connectivity index (χ1v) is 15.2. The molecule has 0 unspecified atom stereocenters. The summed E-state index contributed by atoms with van der Waals surface area (Å²) in [6, 6.07) is 1.02. The normalized spacial score (nSPS) is 27.9. The van der Waals surface area contributed by atoms with Crippen molar-refractivity contribution >= 4 is 23.2 Å². The minimum Gasteiger partial charge on any atom is -0.510 e. The van der Waals surface area contributed by atoms with Crippen molar-refractivity contribution in [1.29, 1.82) is 0 Å². The van der Waals surface area contributed by atoms with E-state index in [1.165, 1.54) is 19.3 Å². The second-order valence-electron chi connectivity index (χ2n) is 13.1. The van der Waals surface area contributed by atoms with Crippen molar-refractivity contribution in [2.75, 3.05) is 26.0 Å². The van der Waals surface area contributed by atoms with Crippen LogP contribution in [0.25, 0.3) is 0 Å². The van der Waals surface area contributed by atoms with Crippen molar-refractivity contribution in [3.8, 4) is 5.75 Å². The molecule has 1 aromatic carbocycles. The number of aliphatic hydroxyl groups is 3. The van der Waals surface area contributed by atoms with Gasteiger partial charge in [-0.25, -0.2) is 0 Å². The van der Waals surface area contributed by atoms with E-state index in [0.29, 0.717) is 18.2 Å². The van der Waals surface area contributed by atoms with Crippen LogP contribution in [-0.4, -0.2) is 87.7 Å². The fourth-order valence-corrected chi connectivity index (χ4v) is 7.77. The number of phenols is 1. The van der Waals surface area contributed by atoms with Crippen molar-refractivity contribution in [1.82, 2.24) is 10.2 Å². The summed E-state index contributed by atoms with van der Waals surface area (Å²) in [5.41, 5.74) is 4.18. The number of allylic oxidation sites excluding steroid dienone is 1. The van der Waals surface area contributed by atoms with Gasteiger partial charge in [-0.3, -0.25) is 19.3 Å². The Balaban J connectivity index is 1.65. The molecule has 0 aromatic heterocycles. The lowest BCUT2D eigenvalue weighted by Gasteiger charge is -2.50. The van der Waals surface area contributed by atoms with Gasteiger partial charge in [0.1, 0.15) is 22.8 Å². The standard InChI is InChI=1S/C32H44N4O7/c1-15(2)36(5)25-17(14-34-18-9-7-6-8-10-18)13-21(37)23-19(25)11-16-12-20-26(35(3)4)28(39)24(31(33)42)30(41)32(20,43)29(40)22(16)27(23)38/h13,15-16,18,20,26,34,37,39-40,43H,6-12,14H2,1-5H3,(H2,33,42)/t16-,20-,26-,32-/m0/s1. The number of ketones is 2. The molecule has 11 nitrogen and oxygen atoms in total. The number of fused-ring (bicyclic) bond motifs is 3. The quantitative estimate of drug-likeness (QED) is 0.256. The van der Waals surface area contributed by atoms with Gasteiger partial charge in [-0.15, -0.1) is 0 Å². The van der Waals surface area contributed by atoms with Crippen LogP contribution >= 0.6 is 0 Å². The number of amides is 1. The molecule has 5 rings (SSSR count). The van der Waals surface area contributed by atoms with Gasteiger partial charge in [-0.2, -0.15) is 0 Å². The molecule has 0 spiro atoms. The second kappa shape index (κ2) is 11.3. The van der Waals surface area contributed by atoms with E-state index in [-0.39, 0.29) is 35.8 Å². The fraction of sp³-hybridized carbons (Fsp3) is 0.594. The Morgan fingerprint density at radius 1 is 1.12 bits per heavy atom. The Kier molecular flexibility index (Phi) is 8.12. The summed E-state index contributed by atoms with van der Waals surface area (Å²) in [6.45, 7) is 4.60. The number of benzene rings is 1. The third-order valence-electron chi connectivity index (χ3n) is 10.1. The zero-order valence-electron chi connectivity index (χ0n) is 25.6. The Morgan fingerprint density at radius 2 is 1.77 bits per heavy atom. The molecule has 1 saturated carbocycles. The number of carbonyl (C=O) groups excluding carboxylic acids is 3. The zero-order valence-corrected chi connectivity index (χ0v) is 25.6. The Bertz CT molecular complexity index is 1420. The number of nitrogens with zero attached hydrogens (tertiary/aromatic N) is 2. The van der Waals surface area contributed by atoms with Crippen molar-refractivity contribution < 1.29 is 34.8 Å². The van der Waals surface area contributed by atoms with Crippen molar-refractivity contribution in [3.63, 3.8) is 0 Å². The average Bonchev–Trinajstić information content (AvgIpc) is 2.93. The Labute approximate surface area is 252 Å². The van der Waals surface area contributed by atoms with Crippen molar-refractivity contribution in [2.45, 2.75) is 89.1 Å². The number of primary amides is 1. The molecule has 4 aliphatic carbocycles. The summed E-state index contributed by atoms with van der Waals surface area (Å²) in [7, 11) is 5.18. The maximum Gasteiger partial charge on any atom is 0.255 e. The summed E-state index contributed by atoms with van der Waals surface area (Å²) in [4.78, 5) is 43.5. The van der Waals surface area contributed by atoms with E-state index < -0.39 is 58.0 Å². The average molecular weight is 597 g/mol. The minimum absolute atomic E-state index is 0.0321.